The van der Waals surface area contributed by atoms with Crippen LogP contribution in [0.5, 0.6) is 11.5 Å². The summed E-state index contributed by atoms with van der Waals surface area (Å²) in [6.07, 6.45) is -0.282. The molecular weight excluding hydrogens is 766 g/mol. The second-order valence-corrected chi connectivity index (χ2v) is 15.4. The summed E-state index contributed by atoms with van der Waals surface area (Å²) in [6, 6.07) is 12.2. The lowest BCUT2D eigenvalue weighted by Gasteiger charge is -2.32. The zero-order valence-electron chi connectivity index (χ0n) is 24.3. The fourth-order valence-electron chi connectivity index (χ4n) is 4.45. The van der Waals surface area contributed by atoms with E-state index < -0.39 is 56.0 Å². The lowest BCUT2D eigenvalue weighted by Crippen LogP contribution is -3.56. The maximum Gasteiger partial charge on any atom is 0.387 e. The fraction of sp³-hybridized carbons (Fsp3) is 0.387. The van der Waals surface area contributed by atoms with Gasteiger partial charge in [0.05, 0.1) is 29.7 Å². The smallest absolute Gasteiger partial charge is 0.387 e. The van der Waals surface area contributed by atoms with Crippen molar-refractivity contribution in [2.45, 2.75) is 49.9 Å². The van der Waals surface area contributed by atoms with Crippen LogP contribution in [-0.2, 0) is 24.3 Å². The number of esters is 1. The number of halogens is 5. The summed E-state index contributed by atoms with van der Waals surface area (Å²) in [5.41, 5.74) is 0.905. The number of rotatable bonds is 15. The van der Waals surface area contributed by atoms with Crippen molar-refractivity contribution in [2.75, 3.05) is 26.3 Å². The van der Waals surface area contributed by atoms with Crippen molar-refractivity contribution in [3.8, 4) is 11.5 Å². The largest absolute Gasteiger partial charge is 0.489 e. The first kappa shape index (κ1) is 35.6. The van der Waals surface area contributed by atoms with E-state index in [9.17, 15) is 22.0 Å². The van der Waals surface area contributed by atoms with Crippen molar-refractivity contribution in [3.63, 3.8) is 0 Å². The number of carbonyl (C=O) groups excluding carboxylic acids is 1. The van der Waals surface area contributed by atoms with Crippen molar-refractivity contribution < 1.29 is 62.1 Å². The van der Waals surface area contributed by atoms with Crippen LogP contribution in [0.15, 0.2) is 83.8 Å². The maximum atomic E-state index is 13.6. The second kappa shape index (κ2) is 16.6. The molecule has 2 fully saturated rings. The van der Waals surface area contributed by atoms with E-state index in [1.165, 1.54) is 34.6 Å². The van der Waals surface area contributed by atoms with Crippen LogP contribution in [0.4, 0.5) is 8.78 Å². The van der Waals surface area contributed by atoms with Gasteiger partial charge in [-0.3, -0.25) is 0 Å². The van der Waals surface area contributed by atoms with Gasteiger partial charge < -0.3 is 18.9 Å². The molecule has 0 spiro atoms. The van der Waals surface area contributed by atoms with Gasteiger partial charge in [-0.2, -0.15) is 13.1 Å². The Morgan fingerprint density at radius 3 is 2.56 bits per heavy atom. The van der Waals surface area contributed by atoms with Crippen LogP contribution in [0, 0.1) is 5.92 Å². The molecule has 0 radical (unpaired) electrons. The minimum Gasteiger partial charge on any atom is -0.489 e. The molecule has 1 saturated heterocycles. The SMILES string of the molecule is C=C[I+]/C=C(Cl)\C(C[C@H](OC(=O)[C@@H]1CN(S(=O)(=O)c2ccccc2)CCO1)c1ccc(OC(F)F)c(OCC2CC2)c1)=C(/C)Cl. The number of morpholine rings is 1. The Bertz CT molecular complexity index is 1520. The van der Waals surface area contributed by atoms with Gasteiger partial charge in [-0.05, 0) is 61.1 Å². The lowest BCUT2D eigenvalue weighted by molar-refractivity contribution is -0.513. The van der Waals surface area contributed by atoms with E-state index in [0.717, 1.165) is 12.8 Å². The van der Waals surface area contributed by atoms with E-state index >= 15 is 0 Å². The number of allylic oxidation sites excluding steroid dienone is 2. The molecule has 0 bridgehead atoms. The Labute approximate surface area is 282 Å². The van der Waals surface area contributed by atoms with Crippen LogP contribution in [0.2, 0.25) is 0 Å². The van der Waals surface area contributed by atoms with Crippen LogP contribution < -0.4 is 30.7 Å². The van der Waals surface area contributed by atoms with Gasteiger partial charge in [0.1, 0.15) is 6.10 Å². The standard InChI is InChI=1S/C31H33Cl2F2INO7S/c1-3-36-17-25(33)24(20(2)32)16-27(22-11-12-26(44-31(34)35)28(15-22)42-19-21-9-10-21)43-30(38)29-18-37(13-14-41-29)45(39,40)23-7-5-4-6-8-23/h3-8,11-12,15,17,21,27,29,31H,1,9-10,13-14,16,18-19H2,2H3/q+1/b24-20+,25-17+/t27-,29-/m0/s1. The molecule has 2 atom stereocenters. The molecule has 0 N–H and O–H groups in total. The van der Waals surface area contributed by atoms with Gasteiger partial charge in [-0.25, -0.2) is 13.2 Å². The topological polar surface area (TPSA) is 91.4 Å². The van der Waals surface area contributed by atoms with Crippen LogP contribution in [0.25, 0.3) is 0 Å². The highest BCUT2D eigenvalue weighted by Crippen LogP contribution is 2.39. The minimum atomic E-state index is -3.89. The van der Waals surface area contributed by atoms with Gasteiger partial charge >= 0.3 is 33.8 Å². The van der Waals surface area contributed by atoms with E-state index in [2.05, 4.69) is 11.3 Å². The van der Waals surface area contributed by atoms with E-state index in [0.29, 0.717) is 33.7 Å². The fourth-order valence-corrected chi connectivity index (χ4v) is 7.61. The van der Waals surface area contributed by atoms with E-state index in [-0.39, 0.29) is 42.5 Å². The van der Waals surface area contributed by atoms with Gasteiger partial charge in [0.2, 0.25) is 10.0 Å². The quantitative estimate of drug-likeness (QED) is 0.153. The summed E-state index contributed by atoms with van der Waals surface area (Å²) >= 11 is 12.5. The summed E-state index contributed by atoms with van der Waals surface area (Å²) in [5, 5.41) is 0.732. The predicted octanol–water partition coefficient (Wildman–Crippen LogP) is 3.97. The van der Waals surface area contributed by atoms with Crippen molar-refractivity contribution in [1.82, 2.24) is 4.31 Å². The van der Waals surface area contributed by atoms with Crippen LogP contribution in [0.3, 0.4) is 0 Å². The van der Waals surface area contributed by atoms with Crippen molar-refractivity contribution >= 4 is 39.2 Å². The van der Waals surface area contributed by atoms with E-state index in [1.807, 2.05) is 4.08 Å². The number of benzene rings is 2. The number of carbonyl (C=O) groups is 1. The zero-order valence-corrected chi connectivity index (χ0v) is 28.8. The molecule has 1 aliphatic carbocycles. The maximum absolute atomic E-state index is 13.6. The van der Waals surface area contributed by atoms with Gasteiger partial charge in [0.25, 0.3) is 0 Å². The van der Waals surface area contributed by atoms with Crippen LogP contribution in [-0.4, -0.2) is 57.7 Å². The number of sulfonamides is 1. The Morgan fingerprint density at radius 1 is 1.18 bits per heavy atom. The third-order valence-electron chi connectivity index (χ3n) is 7.00. The minimum absolute atomic E-state index is 0.0210. The van der Waals surface area contributed by atoms with Crippen molar-refractivity contribution in [3.05, 3.63) is 84.5 Å². The number of hydrogen-bond donors (Lipinski definition) is 0. The molecule has 8 nitrogen and oxygen atoms in total. The molecule has 0 aromatic heterocycles. The van der Waals surface area contributed by atoms with E-state index in [1.54, 1.807) is 29.2 Å². The third kappa shape index (κ3) is 10.1. The average Bonchev–Trinajstić information content (AvgIpc) is 3.86. The normalized spacial score (nSPS) is 19.1. The second-order valence-electron chi connectivity index (χ2n) is 10.3. The van der Waals surface area contributed by atoms with Gasteiger partial charge in [0.15, 0.2) is 25.8 Å². The van der Waals surface area contributed by atoms with Gasteiger partial charge in [0, 0.05) is 18.0 Å². The number of ether oxygens (including phenoxy) is 4. The first-order valence-corrected chi connectivity index (χ1v) is 18.7. The first-order chi connectivity index (χ1) is 21.5. The average molecular weight is 799 g/mol. The highest BCUT2D eigenvalue weighted by Gasteiger charge is 2.36. The summed E-state index contributed by atoms with van der Waals surface area (Å²) in [5.74, 6) is -0.575. The molecule has 0 unspecified atom stereocenters. The lowest BCUT2D eigenvalue weighted by atomic mass is 10.00. The van der Waals surface area contributed by atoms with Crippen LogP contribution >= 0.6 is 23.2 Å². The highest BCUT2D eigenvalue weighted by molar-refractivity contribution is 7.89. The molecular formula is C31H33Cl2F2INO7S+. The highest BCUT2D eigenvalue weighted by atomic mass is 127. The molecule has 2 aromatic carbocycles. The number of nitrogens with zero attached hydrogens (tertiary/aromatic N) is 1. The Balaban J connectivity index is 1.63. The molecule has 4 rings (SSSR count). The van der Waals surface area contributed by atoms with Crippen molar-refractivity contribution in [1.29, 1.82) is 0 Å². The third-order valence-corrected chi connectivity index (χ3v) is 11.3. The predicted molar refractivity (Wildman–Crippen MR) is 162 cm³/mol. The molecule has 14 heteroatoms. The molecule has 2 aromatic rings. The van der Waals surface area contributed by atoms with E-state index in [4.69, 9.17) is 37.4 Å². The monoisotopic (exact) mass is 798 g/mol. The first-order valence-electron chi connectivity index (χ1n) is 14.0. The number of hydrogen-bond acceptors (Lipinski definition) is 7. The molecule has 45 heavy (non-hydrogen) atoms. The van der Waals surface area contributed by atoms with Crippen LogP contribution in [0.1, 0.15) is 37.9 Å². The molecule has 0 amide bonds. The molecule has 2 aliphatic rings. The summed E-state index contributed by atoms with van der Waals surface area (Å²) in [6.45, 7) is 2.41. The molecule has 1 heterocycles. The molecule has 1 aliphatic heterocycles. The summed E-state index contributed by atoms with van der Waals surface area (Å²) in [7, 11) is -3.89. The number of alkyl halides is 2. The zero-order chi connectivity index (χ0) is 32.6. The summed E-state index contributed by atoms with van der Waals surface area (Å²) in [4.78, 5) is 13.7. The summed E-state index contributed by atoms with van der Waals surface area (Å²) < 4.78 is 79.7. The van der Waals surface area contributed by atoms with Gasteiger partial charge in [-0.15, -0.1) is 0 Å². The Hall–Kier alpha value is -2.23. The molecule has 244 valence electrons. The Kier molecular flexibility index (Phi) is 13.1. The molecule has 1 saturated carbocycles. The van der Waals surface area contributed by atoms with Crippen molar-refractivity contribution in [2.24, 2.45) is 5.92 Å². The van der Waals surface area contributed by atoms with Gasteiger partial charge in [-0.1, -0.05) is 54.0 Å². The Morgan fingerprint density at radius 2 is 1.91 bits per heavy atom.